The summed E-state index contributed by atoms with van der Waals surface area (Å²) in [6.45, 7) is 2.12. The van der Waals surface area contributed by atoms with Crippen molar-refractivity contribution in [2.45, 2.75) is 76.9 Å². The van der Waals surface area contributed by atoms with Crippen LogP contribution in [-0.2, 0) is 9.59 Å². The Hall–Kier alpha value is -1.72. The summed E-state index contributed by atoms with van der Waals surface area (Å²) in [5.41, 5.74) is 0. The summed E-state index contributed by atoms with van der Waals surface area (Å²) in [5, 5.41) is 29.6. The Morgan fingerprint density at radius 1 is 0.960 bits per heavy atom. The van der Waals surface area contributed by atoms with Gasteiger partial charge in [0.25, 0.3) is 0 Å². The molecule has 0 saturated carbocycles. The number of rotatable bonds is 15. The first-order valence-corrected chi connectivity index (χ1v) is 9.05. The maximum absolute atomic E-state index is 11.6. The van der Waals surface area contributed by atoms with Crippen LogP contribution in [0.25, 0.3) is 0 Å². The fourth-order valence-corrected chi connectivity index (χ4v) is 2.18. The zero-order chi connectivity index (χ0) is 18.9. The van der Waals surface area contributed by atoms with E-state index in [2.05, 4.69) is 6.92 Å². The molecule has 142 valence electrons. The monoisotopic (exact) mass is 351 g/mol. The summed E-state index contributed by atoms with van der Waals surface area (Å²) in [5.74, 6) is -0.854. The number of hydrogen-bond donors (Lipinski definition) is 2. The highest BCUT2D eigenvalue weighted by Gasteiger charge is 2.11. The second-order valence-corrected chi connectivity index (χ2v) is 6.05. The average molecular weight is 351 g/mol. The molecule has 0 fully saturated rings. The zero-order valence-electron chi connectivity index (χ0n) is 15.1. The fourth-order valence-electron chi connectivity index (χ4n) is 2.18. The topological polar surface area (TPSA) is 97.7 Å². The SMILES string of the molecule is CCCCCC(=O)CC\C=C/C=C/C=C/[C@@H](O)[C@@H](O)CCCC(=O)[O-]. The van der Waals surface area contributed by atoms with Crippen LogP contribution < -0.4 is 5.11 Å². The minimum Gasteiger partial charge on any atom is -0.550 e. The normalized spacial score (nSPS) is 14.5. The summed E-state index contributed by atoms with van der Waals surface area (Å²) < 4.78 is 0. The lowest BCUT2D eigenvalue weighted by Gasteiger charge is -2.14. The van der Waals surface area contributed by atoms with Crippen molar-refractivity contribution in [3.8, 4) is 0 Å². The van der Waals surface area contributed by atoms with E-state index in [4.69, 9.17) is 0 Å². The third kappa shape index (κ3) is 15.5. The molecule has 5 heteroatoms. The molecule has 0 radical (unpaired) electrons. The minimum atomic E-state index is -1.16. The molecule has 0 spiro atoms. The van der Waals surface area contributed by atoms with Gasteiger partial charge in [-0.25, -0.2) is 0 Å². The van der Waals surface area contributed by atoms with Gasteiger partial charge in [0.2, 0.25) is 0 Å². The summed E-state index contributed by atoms with van der Waals surface area (Å²) in [4.78, 5) is 21.8. The van der Waals surface area contributed by atoms with Gasteiger partial charge in [0, 0.05) is 18.8 Å². The number of carboxylic acid groups (broad SMARTS) is 1. The number of carboxylic acids is 1. The van der Waals surface area contributed by atoms with E-state index in [1.807, 2.05) is 12.2 Å². The van der Waals surface area contributed by atoms with Gasteiger partial charge < -0.3 is 20.1 Å². The highest BCUT2D eigenvalue weighted by molar-refractivity contribution is 5.78. The number of carbonyl (C=O) groups is 2. The number of allylic oxidation sites excluding steroid dienone is 5. The Kier molecular flexibility index (Phi) is 14.7. The highest BCUT2D eigenvalue weighted by atomic mass is 16.4. The molecule has 0 rings (SSSR count). The first kappa shape index (κ1) is 23.3. The molecule has 2 N–H and O–H groups in total. The van der Waals surface area contributed by atoms with Crippen LogP contribution in [0.15, 0.2) is 36.5 Å². The molecule has 0 bridgehead atoms. The molecule has 0 aromatic rings. The Morgan fingerprint density at radius 3 is 2.36 bits per heavy atom. The van der Waals surface area contributed by atoms with Gasteiger partial charge in [-0.3, -0.25) is 4.79 Å². The van der Waals surface area contributed by atoms with Crippen LogP contribution in [0.1, 0.15) is 64.7 Å². The predicted molar refractivity (Wildman–Crippen MR) is 96.7 cm³/mol. The van der Waals surface area contributed by atoms with Crippen molar-refractivity contribution >= 4 is 11.8 Å². The molecule has 0 aliphatic heterocycles. The molecule has 0 heterocycles. The Balaban J connectivity index is 3.85. The molecule has 0 unspecified atom stereocenters. The van der Waals surface area contributed by atoms with Crippen LogP contribution in [0, 0.1) is 0 Å². The van der Waals surface area contributed by atoms with E-state index in [0.717, 1.165) is 25.7 Å². The van der Waals surface area contributed by atoms with Gasteiger partial charge in [-0.1, -0.05) is 56.2 Å². The molecular weight excluding hydrogens is 320 g/mol. The van der Waals surface area contributed by atoms with Crippen molar-refractivity contribution in [1.82, 2.24) is 0 Å². The van der Waals surface area contributed by atoms with Crippen molar-refractivity contribution in [3.05, 3.63) is 36.5 Å². The third-order valence-electron chi connectivity index (χ3n) is 3.70. The molecule has 25 heavy (non-hydrogen) atoms. The highest BCUT2D eigenvalue weighted by Crippen LogP contribution is 2.06. The van der Waals surface area contributed by atoms with Gasteiger partial charge in [-0.05, 0) is 32.1 Å². The van der Waals surface area contributed by atoms with Crippen molar-refractivity contribution < 1.29 is 24.9 Å². The molecule has 0 amide bonds. The largest absolute Gasteiger partial charge is 0.550 e. The van der Waals surface area contributed by atoms with E-state index in [0.29, 0.717) is 18.6 Å². The Morgan fingerprint density at radius 2 is 1.68 bits per heavy atom. The van der Waals surface area contributed by atoms with E-state index in [9.17, 15) is 24.9 Å². The van der Waals surface area contributed by atoms with E-state index >= 15 is 0 Å². The number of aliphatic hydroxyl groups excluding tert-OH is 2. The number of carbonyl (C=O) groups excluding carboxylic acids is 2. The summed E-state index contributed by atoms with van der Waals surface area (Å²) in [6.07, 6.45) is 13.8. The van der Waals surface area contributed by atoms with Gasteiger partial charge in [0.15, 0.2) is 0 Å². The minimum absolute atomic E-state index is 0.126. The fraction of sp³-hybridized carbons (Fsp3) is 0.600. The van der Waals surface area contributed by atoms with Gasteiger partial charge in [0.05, 0.1) is 12.2 Å². The first-order valence-electron chi connectivity index (χ1n) is 9.05. The lowest BCUT2D eigenvalue weighted by molar-refractivity contribution is -0.305. The number of aliphatic hydroxyl groups is 2. The summed E-state index contributed by atoms with van der Waals surface area (Å²) >= 11 is 0. The maximum Gasteiger partial charge on any atom is 0.133 e. The van der Waals surface area contributed by atoms with E-state index in [-0.39, 0.29) is 19.3 Å². The lowest BCUT2D eigenvalue weighted by Crippen LogP contribution is -2.26. The third-order valence-corrected chi connectivity index (χ3v) is 3.70. The van der Waals surface area contributed by atoms with Gasteiger partial charge in [0.1, 0.15) is 5.78 Å². The van der Waals surface area contributed by atoms with Crippen LogP contribution in [0.5, 0.6) is 0 Å². The molecule has 5 nitrogen and oxygen atoms in total. The van der Waals surface area contributed by atoms with Crippen LogP contribution >= 0.6 is 0 Å². The second kappa shape index (κ2) is 15.8. The van der Waals surface area contributed by atoms with Gasteiger partial charge in [-0.2, -0.15) is 0 Å². The first-order chi connectivity index (χ1) is 12.0. The van der Waals surface area contributed by atoms with Crippen LogP contribution in [0.4, 0.5) is 0 Å². The van der Waals surface area contributed by atoms with Crippen LogP contribution in [-0.4, -0.2) is 34.2 Å². The Labute approximate surface area is 150 Å². The standard InChI is InChI=1S/C20H32O5/c1-2-3-8-12-17(21)13-9-6-4-5-7-10-14-18(22)19(23)15-11-16-20(24)25/h4-7,10,14,18-19,22-23H,2-3,8-9,11-13,15-16H2,1H3,(H,24,25)/p-1/b6-4-,7-5+,14-10+/t18-,19+/m1/s1. The molecular formula is C20H31O5-. The van der Waals surface area contributed by atoms with Crippen molar-refractivity contribution in [1.29, 1.82) is 0 Å². The molecule has 0 aliphatic rings. The molecule has 0 aliphatic carbocycles. The summed E-state index contributed by atoms with van der Waals surface area (Å²) in [7, 11) is 0. The van der Waals surface area contributed by atoms with Crippen LogP contribution in [0.3, 0.4) is 0 Å². The van der Waals surface area contributed by atoms with Gasteiger partial charge in [-0.15, -0.1) is 0 Å². The second-order valence-electron chi connectivity index (χ2n) is 6.05. The number of ketones is 1. The van der Waals surface area contributed by atoms with E-state index in [1.165, 1.54) is 6.08 Å². The molecule has 2 atom stereocenters. The summed E-state index contributed by atoms with van der Waals surface area (Å²) in [6, 6.07) is 0. The predicted octanol–water partition coefficient (Wildman–Crippen LogP) is 2.23. The average Bonchev–Trinajstić information content (AvgIpc) is 2.56. The van der Waals surface area contributed by atoms with Crippen molar-refractivity contribution in [2.24, 2.45) is 0 Å². The number of unbranched alkanes of at least 4 members (excludes halogenated alkanes) is 2. The van der Waals surface area contributed by atoms with E-state index < -0.39 is 18.2 Å². The Bertz CT molecular complexity index is 451. The van der Waals surface area contributed by atoms with E-state index in [1.54, 1.807) is 18.2 Å². The van der Waals surface area contributed by atoms with Gasteiger partial charge >= 0.3 is 0 Å². The molecule has 0 aromatic carbocycles. The number of aliphatic carboxylic acids is 1. The number of hydrogen-bond acceptors (Lipinski definition) is 5. The molecule has 0 saturated heterocycles. The number of Topliss-reactive ketones (excluding diaryl/α,β-unsaturated/α-hetero) is 1. The smallest absolute Gasteiger partial charge is 0.133 e. The lowest BCUT2D eigenvalue weighted by atomic mass is 10.1. The van der Waals surface area contributed by atoms with Crippen LogP contribution in [0.2, 0.25) is 0 Å². The van der Waals surface area contributed by atoms with Crippen molar-refractivity contribution in [2.75, 3.05) is 0 Å². The maximum atomic E-state index is 11.6. The van der Waals surface area contributed by atoms with Crippen molar-refractivity contribution in [3.63, 3.8) is 0 Å². The quantitative estimate of drug-likeness (QED) is 0.348. The molecule has 0 aromatic heterocycles. The zero-order valence-corrected chi connectivity index (χ0v) is 15.1.